The number of amides is 1. The third-order valence-corrected chi connectivity index (χ3v) is 8.50. The zero-order valence-electron chi connectivity index (χ0n) is 20.0. The van der Waals surface area contributed by atoms with E-state index in [9.17, 15) is 13.2 Å². The van der Waals surface area contributed by atoms with Crippen molar-refractivity contribution in [2.75, 3.05) is 16.2 Å². The summed E-state index contributed by atoms with van der Waals surface area (Å²) >= 11 is 1.74. The van der Waals surface area contributed by atoms with Crippen LogP contribution in [0.2, 0.25) is 0 Å². The minimum Gasteiger partial charge on any atom is -0.325 e. The Kier molecular flexibility index (Phi) is 8.46. The van der Waals surface area contributed by atoms with Crippen molar-refractivity contribution in [2.45, 2.75) is 28.9 Å². The van der Waals surface area contributed by atoms with E-state index >= 15 is 0 Å². The molecule has 1 N–H and O–H groups in total. The molecule has 4 aromatic carbocycles. The van der Waals surface area contributed by atoms with Crippen LogP contribution in [0.3, 0.4) is 0 Å². The largest absolute Gasteiger partial charge is 0.325 e. The summed E-state index contributed by atoms with van der Waals surface area (Å²) in [7, 11) is -3.94. The van der Waals surface area contributed by atoms with Gasteiger partial charge in [-0.3, -0.25) is 9.10 Å². The summed E-state index contributed by atoms with van der Waals surface area (Å²) in [5, 5.41) is 2.85. The van der Waals surface area contributed by atoms with Crippen molar-refractivity contribution in [1.29, 1.82) is 0 Å². The SMILES string of the molecule is CCc1ccccc1N(CC(=O)Nc1ccc(CSc2ccccc2)cc1)S(=O)(=O)c1ccccc1. The van der Waals surface area contributed by atoms with Crippen LogP contribution in [0, 0.1) is 0 Å². The van der Waals surface area contributed by atoms with E-state index in [0.29, 0.717) is 17.8 Å². The topological polar surface area (TPSA) is 66.5 Å². The van der Waals surface area contributed by atoms with E-state index in [1.54, 1.807) is 54.2 Å². The molecule has 0 heterocycles. The van der Waals surface area contributed by atoms with Gasteiger partial charge in [0.15, 0.2) is 0 Å². The number of thioether (sulfide) groups is 1. The molecule has 0 spiro atoms. The zero-order valence-corrected chi connectivity index (χ0v) is 21.6. The van der Waals surface area contributed by atoms with Gasteiger partial charge in [0.2, 0.25) is 5.91 Å². The second kappa shape index (κ2) is 11.9. The molecule has 0 saturated heterocycles. The lowest BCUT2D eigenvalue weighted by atomic mass is 10.1. The van der Waals surface area contributed by atoms with Crippen LogP contribution in [-0.2, 0) is 27.0 Å². The van der Waals surface area contributed by atoms with Gasteiger partial charge in [0.05, 0.1) is 10.6 Å². The molecule has 0 radical (unpaired) electrons. The number of hydrogen-bond acceptors (Lipinski definition) is 4. The van der Waals surface area contributed by atoms with E-state index in [-0.39, 0.29) is 11.4 Å². The normalized spacial score (nSPS) is 11.1. The lowest BCUT2D eigenvalue weighted by Gasteiger charge is -2.26. The monoisotopic (exact) mass is 516 g/mol. The Hall–Kier alpha value is -3.55. The highest BCUT2D eigenvalue weighted by Gasteiger charge is 2.28. The third kappa shape index (κ3) is 6.36. The van der Waals surface area contributed by atoms with Crippen molar-refractivity contribution in [2.24, 2.45) is 0 Å². The lowest BCUT2D eigenvalue weighted by molar-refractivity contribution is -0.114. The number of hydrogen-bond donors (Lipinski definition) is 1. The number of carbonyl (C=O) groups is 1. The Labute approximate surface area is 217 Å². The maximum Gasteiger partial charge on any atom is 0.264 e. The van der Waals surface area contributed by atoms with Gasteiger partial charge < -0.3 is 5.32 Å². The van der Waals surface area contributed by atoms with E-state index in [4.69, 9.17) is 0 Å². The molecule has 0 bridgehead atoms. The third-order valence-electron chi connectivity index (χ3n) is 5.65. The van der Waals surface area contributed by atoms with Crippen molar-refractivity contribution in [3.8, 4) is 0 Å². The molecular formula is C29H28N2O3S2. The molecule has 184 valence electrons. The molecule has 0 aromatic heterocycles. The Morgan fingerprint density at radius 1 is 0.806 bits per heavy atom. The van der Waals surface area contributed by atoms with Crippen LogP contribution in [0.15, 0.2) is 119 Å². The summed E-state index contributed by atoms with van der Waals surface area (Å²) in [6, 6.07) is 33.3. The summed E-state index contributed by atoms with van der Waals surface area (Å²) in [6.45, 7) is 1.63. The molecule has 4 rings (SSSR count). The van der Waals surface area contributed by atoms with Gasteiger partial charge in [-0.2, -0.15) is 0 Å². The first-order valence-corrected chi connectivity index (χ1v) is 14.1. The summed E-state index contributed by atoms with van der Waals surface area (Å²) in [4.78, 5) is 14.4. The molecule has 0 aliphatic heterocycles. The highest BCUT2D eigenvalue weighted by Crippen LogP contribution is 2.28. The van der Waals surface area contributed by atoms with E-state index in [1.807, 2.05) is 61.5 Å². The van der Waals surface area contributed by atoms with Crippen molar-refractivity contribution in [1.82, 2.24) is 0 Å². The number of carbonyl (C=O) groups excluding carboxylic acids is 1. The standard InChI is InChI=1S/C29H28N2O3S2/c1-2-24-11-9-10-16-28(24)31(36(33,34)27-14-7-4-8-15-27)21-29(32)30-25-19-17-23(18-20-25)22-35-26-12-5-3-6-13-26/h3-20H,2,21-22H2,1H3,(H,30,32). The van der Waals surface area contributed by atoms with Crippen LogP contribution < -0.4 is 9.62 Å². The Bertz CT molecular complexity index is 1390. The molecule has 5 nitrogen and oxygen atoms in total. The van der Waals surface area contributed by atoms with Gasteiger partial charge in [-0.25, -0.2) is 8.42 Å². The maximum atomic E-state index is 13.6. The van der Waals surface area contributed by atoms with Gasteiger partial charge >= 0.3 is 0 Å². The number of anilines is 2. The van der Waals surface area contributed by atoms with Crippen molar-refractivity contribution in [3.05, 3.63) is 120 Å². The van der Waals surface area contributed by atoms with E-state index in [2.05, 4.69) is 17.4 Å². The van der Waals surface area contributed by atoms with Gasteiger partial charge in [0.1, 0.15) is 6.54 Å². The number of aryl methyl sites for hydroxylation is 1. The van der Waals surface area contributed by atoms with Gasteiger partial charge in [0, 0.05) is 16.3 Å². The van der Waals surface area contributed by atoms with Gasteiger partial charge in [-0.05, 0) is 60.0 Å². The van der Waals surface area contributed by atoms with Gasteiger partial charge in [-0.15, -0.1) is 11.8 Å². The minimum atomic E-state index is -3.94. The van der Waals surface area contributed by atoms with Crippen molar-refractivity contribution in [3.63, 3.8) is 0 Å². The van der Waals surface area contributed by atoms with Crippen LogP contribution in [0.1, 0.15) is 18.1 Å². The molecular weight excluding hydrogens is 488 g/mol. The van der Waals surface area contributed by atoms with Gasteiger partial charge in [-0.1, -0.05) is 73.7 Å². The molecule has 0 saturated carbocycles. The number of nitrogens with zero attached hydrogens (tertiary/aromatic N) is 1. The van der Waals surface area contributed by atoms with Crippen molar-refractivity contribution >= 4 is 39.1 Å². The highest BCUT2D eigenvalue weighted by molar-refractivity contribution is 7.98. The summed E-state index contributed by atoms with van der Waals surface area (Å²) in [5.74, 6) is 0.404. The minimum absolute atomic E-state index is 0.143. The van der Waals surface area contributed by atoms with Crippen LogP contribution >= 0.6 is 11.8 Å². The summed E-state index contributed by atoms with van der Waals surface area (Å²) in [6.07, 6.45) is 0.640. The predicted octanol–water partition coefficient (Wildman–Crippen LogP) is 6.38. The number of rotatable bonds is 10. The predicted molar refractivity (Wildman–Crippen MR) is 148 cm³/mol. The average Bonchev–Trinajstić information content (AvgIpc) is 2.92. The molecule has 0 aliphatic rings. The number of nitrogens with one attached hydrogen (secondary N) is 1. The van der Waals surface area contributed by atoms with E-state index in [1.165, 1.54) is 9.20 Å². The van der Waals surface area contributed by atoms with Crippen molar-refractivity contribution < 1.29 is 13.2 Å². The summed E-state index contributed by atoms with van der Waals surface area (Å²) in [5.41, 5.74) is 3.11. The molecule has 7 heteroatoms. The Morgan fingerprint density at radius 2 is 1.42 bits per heavy atom. The number of benzene rings is 4. The fourth-order valence-corrected chi connectivity index (χ4v) is 6.13. The quantitative estimate of drug-likeness (QED) is 0.249. The maximum absolute atomic E-state index is 13.6. The van der Waals surface area contributed by atoms with Gasteiger partial charge in [0.25, 0.3) is 10.0 Å². The molecule has 0 atom stereocenters. The molecule has 1 amide bonds. The molecule has 4 aromatic rings. The fraction of sp³-hybridized carbons (Fsp3) is 0.138. The average molecular weight is 517 g/mol. The highest BCUT2D eigenvalue weighted by atomic mass is 32.2. The zero-order chi connectivity index (χ0) is 25.4. The molecule has 0 aliphatic carbocycles. The van der Waals surface area contributed by atoms with Crippen LogP contribution in [-0.4, -0.2) is 20.9 Å². The second-order valence-corrected chi connectivity index (χ2v) is 11.1. The smallest absolute Gasteiger partial charge is 0.264 e. The lowest BCUT2D eigenvalue weighted by Crippen LogP contribution is -2.38. The first-order chi connectivity index (χ1) is 17.5. The first-order valence-electron chi connectivity index (χ1n) is 11.7. The fourth-order valence-electron chi connectivity index (χ4n) is 3.77. The van der Waals surface area contributed by atoms with Crippen LogP contribution in [0.4, 0.5) is 11.4 Å². The number of sulfonamides is 1. The Balaban J connectivity index is 1.50. The van der Waals surface area contributed by atoms with E-state index < -0.39 is 15.9 Å². The first kappa shape index (κ1) is 25.5. The Morgan fingerprint density at radius 3 is 2.08 bits per heavy atom. The molecule has 0 unspecified atom stereocenters. The van der Waals surface area contributed by atoms with Crippen LogP contribution in [0.5, 0.6) is 0 Å². The number of para-hydroxylation sites is 1. The molecule has 36 heavy (non-hydrogen) atoms. The van der Waals surface area contributed by atoms with Crippen LogP contribution in [0.25, 0.3) is 0 Å². The molecule has 0 fully saturated rings. The van der Waals surface area contributed by atoms with E-state index in [0.717, 1.165) is 16.9 Å². The second-order valence-electron chi connectivity index (χ2n) is 8.15. The summed E-state index contributed by atoms with van der Waals surface area (Å²) < 4.78 is 28.3.